The zero-order valence-electron chi connectivity index (χ0n) is 9.62. The quantitative estimate of drug-likeness (QED) is 0.905. The lowest BCUT2D eigenvalue weighted by Crippen LogP contribution is -2.08. The maximum Gasteiger partial charge on any atom is 0.416 e. The molecule has 1 atom stereocenters. The summed E-state index contributed by atoms with van der Waals surface area (Å²) in [5.74, 6) is 0.511. The van der Waals surface area contributed by atoms with Gasteiger partial charge in [0, 0.05) is 10.9 Å². The van der Waals surface area contributed by atoms with E-state index in [2.05, 4.69) is 15.9 Å². The Hall–Kier alpha value is -1.27. The van der Waals surface area contributed by atoms with E-state index in [0.29, 0.717) is 10.2 Å². The summed E-state index contributed by atoms with van der Waals surface area (Å²) in [6, 6.07) is 6.50. The fourth-order valence-electron chi connectivity index (χ4n) is 1.70. The number of rotatable bonds is 3. The van der Waals surface area contributed by atoms with E-state index < -0.39 is 17.8 Å². The Morgan fingerprint density at radius 2 is 2.00 bits per heavy atom. The molecule has 0 fully saturated rings. The molecule has 6 heteroatoms. The van der Waals surface area contributed by atoms with Gasteiger partial charge in [0.15, 0.2) is 0 Å². The van der Waals surface area contributed by atoms with Gasteiger partial charge in [0.25, 0.3) is 0 Å². The van der Waals surface area contributed by atoms with E-state index in [4.69, 9.17) is 4.42 Å². The van der Waals surface area contributed by atoms with Crippen LogP contribution in [0.5, 0.6) is 0 Å². The second kappa shape index (κ2) is 5.38. The van der Waals surface area contributed by atoms with Crippen molar-refractivity contribution in [2.24, 2.45) is 0 Å². The molecule has 2 nitrogen and oxygen atoms in total. The standard InChI is InChI=1S/C13H10BrF3O2/c14-11-4-3-8(13(15,16)17)6-10(11)12(18)7-9-2-1-5-19-9/h1-6,12,18H,7H2. The van der Waals surface area contributed by atoms with E-state index in [9.17, 15) is 18.3 Å². The Morgan fingerprint density at radius 1 is 1.26 bits per heavy atom. The van der Waals surface area contributed by atoms with Crippen LogP contribution in [0.2, 0.25) is 0 Å². The van der Waals surface area contributed by atoms with Crippen LogP contribution >= 0.6 is 15.9 Å². The molecule has 0 radical (unpaired) electrons. The predicted octanol–water partition coefficient (Wildman–Crippen LogP) is 4.34. The Balaban J connectivity index is 2.28. The average molecular weight is 335 g/mol. The molecular formula is C13H10BrF3O2. The van der Waals surface area contributed by atoms with Crippen LogP contribution in [0.3, 0.4) is 0 Å². The highest BCUT2D eigenvalue weighted by molar-refractivity contribution is 9.10. The smallest absolute Gasteiger partial charge is 0.416 e. The molecule has 1 unspecified atom stereocenters. The Bertz CT molecular complexity index is 550. The van der Waals surface area contributed by atoms with Gasteiger partial charge in [-0.25, -0.2) is 0 Å². The molecule has 1 N–H and O–H groups in total. The van der Waals surface area contributed by atoms with Crippen molar-refractivity contribution < 1.29 is 22.7 Å². The maximum absolute atomic E-state index is 12.6. The highest BCUT2D eigenvalue weighted by atomic mass is 79.9. The topological polar surface area (TPSA) is 33.4 Å². The normalized spacial score (nSPS) is 13.5. The molecule has 2 aromatic rings. The molecule has 1 heterocycles. The summed E-state index contributed by atoms with van der Waals surface area (Å²) in [4.78, 5) is 0. The summed E-state index contributed by atoms with van der Waals surface area (Å²) in [6.45, 7) is 0. The van der Waals surface area contributed by atoms with Crippen LogP contribution in [0, 0.1) is 0 Å². The number of furan rings is 1. The monoisotopic (exact) mass is 334 g/mol. The number of hydrogen-bond donors (Lipinski definition) is 1. The second-order valence-corrected chi connectivity index (χ2v) is 4.89. The summed E-state index contributed by atoms with van der Waals surface area (Å²) in [7, 11) is 0. The molecule has 2 rings (SSSR count). The van der Waals surface area contributed by atoms with Gasteiger partial charge in [-0.2, -0.15) is 13.2 Å². The van der Waals surface area contributed by atoms with Crippen LogP contribution in [0.1, 0.15) is 23.0 Å². The molecule has 102 valence electrons. The summed E-state index contributed by atoms with van der Waals surface area (Å²) in [5.41, 5.74) is -0.601. The molecule has 0 aliphatic rings. The van der Waals surface area contributed by atoms with E-state index in [1.54, 1.807) is 12.1 Å². The van der Waals surface area contributed by atoms with Crippen LogP contribution in [0.4, 0.5) is 13.2 Å². The highest BCUT2D eigenvalue weighted by Gasteiger charge is 2.31. The average Bonchev–Trinajstić information content (AvgIpc) is 2.80. The van der Waals surface area contributed by atoms with Crippen molar-refractivity contribution >= 4 is 15.9 Å². The lowest BCUT2D eigenvalue weighted by atomic mass is 10.0. The van der Waals surface area contributed by atoms with Gasteiger partial charge in [-0.05, 0) is 35.9 Å². The molecule has 0 aliphatic carbocycles. The van der Waals surface area contributed by atoms with E-state index in [0.717, 1.165) is 12.1 Å². The fraction of sp³-hybridized carbons (Fsp3) is 0.231. The maximum atomic E-state index is 12.6. The molecule has 0 saturated carbocycles. The molecule has 0 bridgehead atoms. The summed E-state index contributed by atoms with van der Waals surface area (Å²) in [5, 5.41) is 10.0. The SMILES string of the molecule is OC(Cc1ccco1)c1cc(C(F)(F)F)ccc1Br. The largest absolute Gasteiger partial charge is 0.469 e. The number of aliphatic hydroxyl groups is 1. The van der Waals surface area contributed by atoms with Gasteiger partial charge < -0.3 is 9.52 Å². The van der Waals surface area contributed by atoms with Gasteiger partial charge in [-0.15, -0.1) is 0 Å². The lowest BCUT2D eigenvalue weighted by Gasteiger charge is -2.14. The van der Waals surface area contributed by atoms with Gasteiger partial charge in [0.1, 0.15) is 5.76 Å². The fourth-order valence-corrected chi connectivity index (χ4v) is 2.22. The van der Waals surface area contributed by atoms with E-state index in [1.807, 2.05) is 0 Å². The van der Waals surface area contributed by atoms with Crippen molar-refractivity contribution in [1.29, 1.82) is 0 Å². The molecule has 19 heavy (non-hydrogen) atoms. The zero-order valence-corrected chi connectivity index (χ0v) is 11.2. The van der Waals surface area contributed by atoms with Crippen LogP contribution in [-0.4, -0.2) is 5.11 Å². The Labute approximate surface area is 116 Å². The summed E-state index contributed by atoms with van der Waals surface area (Å²) in [6.07, 6.45) is -3.93. The van der Waals surface area contributed by atoms with Crippen molar-refractivity contribution in [2.75, 3.05) is 0 Å². The number of halogens is 4. The minimum atomic E-state index is -4.43. The van der Waals surface area contributed by atoms with Crippen LogP contribution in [0.25, 0.3) is 0 Å². The number of benzene rings is 1. The minimum Gasteiger partial charge on any atom is -0.469 e. The molecule has 1 aromatic heterocycles. The molecule has 0 spiro atoms. The Morgan fingerprint density at radius 3 is 2.58 bits per heavy atom. The third kappa shape index (κ3) is 3.39. The zero-order chi connectivity index (χ0) is 14.0. The van der Waals surface area contributed by atoms with E-state index in [-0.39, 0.29) is 12.0 Å². The molecule has 1 aromatic carbocycles. The molecule has 0 amide bonds. The second-order valence-electron chi connectivity index (χ2n) is 4.03. The number of hydrogen-bond acceptors (Lipinski definition) is 2. The Kier molecular flexibility index (Phi) is 4.01. The number of alkyl halides is 3. The molecule has 0 saturated heterocycles. The van der Waals surface area contributed by atoms with Gasteiger partial charge in [-0.3, -0.25) is 0 Å². The van der Waals surface area contributed by atoms with Crippen molar-refractivity contribution in [2.45, 2.75) is 18.7 Å². The minimum absolute atomic E-state index is 0.118. The first-order valence-electron chi connectivity index (χ1n) is 5.45. The first kappa shape index (κ1) is 14.1. The molecular weight excluding hydrogens is 325 g/mol. The first-order chi connectivity index (χ1) is 8.88. The van der Waals surface area contributed by atoms with Gasteiger partial charge in [0.2, 0.25) is 0 Å². The number of aliphatic hydroxyl groups excluding tert-OH is 1. The third-order valence-corrected chi connectivity index (χ3v) is 3.38. The van der Waals surface area contributed by atoms with Gasteiger partial charge in [0.05, 0.1) is 17.9 Å². The lowest BCUT2D eigenvalue weighted by molar-refractivity contribution is -0.137. The van der Waals surface area contributed by atoms with Crippen molar-refractivity contribution in [3.63, 3.8) is 0 Å². The van der Waals surface area contributed by atoms with E-state index in [1.165, 1.54) is 12.3 Å². The predicted molar refractivity (Wildman–Crippen MR) is 66.5 cm³/mol. The van der Waals surface area contributed by atoms with Crippen molar-refractivity contribution in [3.8, 4) is 0 Å². The van der Waals surface area contributed by atoms with Gasteiger partial charge in [-0.1, -0.05) is 15.9 Å². The third-order valence-electron chi connectivity index (χ3n) is 2.66. The summed E-state index contributed by atoms with van der Waals surface area (Å²) < 4.78 is 43.4. The van der Waals surface area contributed by atoms with Crippen LogP contribution in [0.15, 0.2) is 45.5 Å². The van der Waals surface area contributed by atoms with Crippen molar-refractivity contribution in [1.82, 2.24) is 0 Å². The van der Waals surface area contributed by atoms with E-state index >= 15 is 0 Å². The van der Waals surface area contributed by atoms with Crippen LogP contribution < -0.4 is 0 Å². The van der Waals surface area contributed by atoms with Crippen LogP contribution in [-0.2, 0) is 12.6 Å². The van der Waals surface area contributed by atoms with Crippen molar-refractivity contribution in [3.05, 3.63) is 58.0 Å². The summed E-state index contributed by atoms with van der Waals surface area (Å²) >= 11 is 3.14. The highest BCUT2D eigenvalue weighted by Crippen LogP contribution is 2.34. The van der Waals surface area contributed by atoms with Gasteiger partial charge >= 0.3 is 6.18 Å². The first-order valence-corrected chi connectivity index (χ1v) is 6.24. The molecule has 0 aliphatic heterocycles.